The average Bonchev–Trinajstić information content (AvgIpc) is 2.41. The molecule has 2 nitrogen and oxygen atoms in total. The highest BCUT2D eigenvalue weighted by molar-refractivity contribution is 5.70. The van der Waals surface area contributed by atoms with Gasteiger partial charge in [-0.05, 0) is 49.1 Å². The number of benzene rings is 1. The molecule has 20 heavy (non-hydrogen) atoms. The smallest absolute Gasteiger partial charge is 0.306 e. The van der Waals surface area contributed by atoms with Gasteiger partial charge in [-0.15, -0.1) is 0 Å². The van der Waals surface area contributed by atoms with E-state index in [0.29, 0.717) is 24.3 Å². The Balaban J connectivity index is 2.16. The fourth-order valence-corrected chi connectivity index (χ4v) is 3.25. The molecule has 3 atom stereocenters. The number of hydrogen-bond donors (Lipinski definition) is 1. The van der Waals surface area contributed by atoms with E-state index in [1.807, 2.05) is 0 Å². The molecule has 0 radical (unpaired) electrons. The largest absolute Gasteiger partial charge is 0.481 e. The minimum absolute atomic E-state index is 0.0637. The third-order valence-corrected chi connectivity index (χ3v) is 4.48. The average molecular weight is 282 g/mol. The van der Waals surface area contributed by atoms with Crippen molar-refractivity contribution in [3.8, 4) is 0 Å². The van der Waals surface area contributed by atoms with E-state index >= 15 is 0 Å². The molecule has 0 aromatic heterocycles. The van der Waals surface area contributed by atoms with Crippen molar-refractivity contribution < 1.29 is 18.7 Å². The van der Waals surface area contributed by atoms with Crippen LogP contribution < -0.4 is 0 Å². The molecule has 1 fully saturated rings. The number of carbonyl (C=O) groups is 1. The summed E-state index contributed by atoms with van der Waals surface area (Å²) in [5.74, 6) is -1.94. The Morgan fingerprint density at radius 1 is 1.35 bits per heavy atom. The summed E-state index contributed by atoms with van der Waals surface area (Å²) in [7, 11) is 0. The van der Waals surface area contributed by atoms with Gasteiger partial charge in [-0.25, -0.2) is 8.78 Å². The Morgan fingerprint density at radius 2 is 2.10 bits per heavy atom. The Labute approximate surface area is 117 Å². The topological polar surface area (TPSA) is 37.3 Å². The molecule has 1 N–H and O–H groups in total. The summed E-state index contributed by atoms with van der Waals surface area (Å²) in [6.07, 6.45) is 3.79. The molecular weight excluding hydrogens is 262 g/mol. The van der Waals surface area contributed by atoms with Crippen LogP contribution in [0.1, 0.15) is 38.2 Å². The zero-order chi connectivity index (χ0) is 14.7. The maximum Gasteiger partial charge on any atom is 0.306 e. The summed E-state index contributed by atoms with van der Waals surface area (Å²) in [5.41, 5.74) is 0.416. The fourth-order valence-electron chi connectivity index (χ4n) is 3.25. The predicted octanol–water partition coefficient (Wildman–Crippen LogP) is 4.03. The molecule has 2 rings (SSSR count). The summed E-state index contributed by atoms with van der Waals surface area (Å²) in [6.45, 7) is 2.10. The van der Waals surface area contributed by atoms with Crippen LogP contribution in [0.5, 0.6) is 0 Å². The van der Waals surface area contributed by atoms with Crippen molar-refractivity contribution in [2.45, 2.75) is 39.0 Å². The third kappa shape index (κ3) is 3.35. The van der Waals surface area contributed by atoms with Crippen LogP contribution in [0, 0.1) is 29.4 Å². The molecule has 0 aliphatic heterocycles. The number of carboxylic acid groups (broad SMARTS) is 1. The first-order chi connectivity index (χ1) is 9.51. The Bertz CT molecular complexity index is 487. The summed E-state index contributed by atoms with van der Waals surface area (Å²) < 4.78 is 26.6. The summed E-state index contributed by atoms with van der Waals surface area (Å²) in [4.78, 5) is 11.3. The lowest BCUT2D eigenvalue weighted by Gasteiger charge is -2.33. The van der Waals surface area contributed by atoms with Crippen LogP contribution in [0.4, 0.5) is 8.78 Å². The van der Waals surface area contributed by atoms with Gasteiger partial charge in [0.15, 0.2) is 0 Å². The second-order valence-electron chi connectivity index (χ2n) is 5.73. The van der Waals surface area contributed by atoms with Gasteiger partial charge in [0.1, 0.15) is 11.6 Å². The van der Waals surface area contributed by atoms with Gasteiger partial charge in [0.25, 0.3) is 0 Å². The molecule has 4 heteroatoms. The number of hydrogen-bond acceptors (Lipinski definition) is 1. The first-order valence-electron chi connectivity index (χ1n) is 7.18. The van der Waals surface area contributed by atoms with Gasteiger partial charge < -0.3 is 5.11 Å². The van der Waals surface area contributed by atoms with Crippen molar-refractivity contribution in [1.29, 1.82) is 0 Å². The van der Waals surface area contributed by atoms with Gasteiger partial charge in [0.05, 0.1) is 5.92 Å². The number of halogens is 2. The summed E-state index contributed by atoms with van der Waals surface area (Å²) >= 11 is 0. The number of carboxylic acids is 1. The van der Waals surface area contributed by atoms with Crippen LogP contribution in [-0.4, -0.2) is 11.1 Å². The van der Waals surface area contributed by atoms with Gasteiger partial charge in [-0.3, -0.25) is 4.79 Å². The van der Waals surface area contributed by atoms with Gasteiger partial charge in [-0.1, -0.05) is 19.4 Å². The Hall–Kier alpha value is -1.45. The lowest BCUT2D eigenvalue weighted by molar-refractivity contribution is -0.145. The zero-order valence-electron chi connectivity index (χ0n) is 11.6. The maximum atomic E-state index is 13.7. The molecule has 1 saturated carbocycles. The second kappa shape index (κ2) is 6.33. The fraction of sp³-hybridized carbons (Fsp3) is 0.562. The molecule has 0 heterocycles. The highest BCUT2D eigenvalue weighted by Crippen LogP contribution is 2.37. The van der Waals surface area contributed by atoms with Crippen LogP contribution in [0.25, 0.3) is 0 Å². The van der Waals surface area contributed by atoms with E-state index in [1.54, 1.807) is 0 Å². The van der Waals surface area contributed by atoms with E-state index in [0.717, 1.165) is 25.3 Å². The van der Waals surface area contributed by atoms with Gasteiger partial charge >= 0.3 is 5.97 Å². The molecule has 0 saturated heterocycles. The highest BCUT2D eigenvalue weighted by Gasteiger charge is 2.34. The quantitative estimate of drug-likeness (QED) is 0.905. The van der Waals surface area contributed by atoms with Crippen molar-refractivity contribution in [1.82, 2.24) is 0 Å². The molecule has 0 spiro atoms. The zero-order valence-corrected chi connectivity index (χ0v) is 11.6. The lowest BCUT2D eigenvalue weighted by atomic mass is 9.71. The molecule has 1 aromatic carbocycles. The summed E-state index contributed by atoms with van der Waals surface area (Å²) in [5, 5.41) is 9.31. The van der Waals surface area contributed by atoms with E-state index in [-0.39, 0.29) is 5.92 Å². The van der Waals surface area contributed by atoms with Crippen molar-refractivity contribution in [2.75, 3.05) is 0 Å². The molecular formula is C16H20F2O2. The lowest BCUT2D eigenvalue weighted by Crippen LogP contribution is -2.32. The van der Waals surface area contributed by atoms with Crippen LogP contribution >= 0.6 is 0 Å². The SMILES string of the molecule is CCC1CCC(C(=O)O)C(Cc2ccc(F)cc2F)C1. The van der Waals surface area contributed by atoms with Crippen LogP contribution in [0.3, 0.4) is 0 Å². The standard InChI is InChI=1S/C16H20F2O2/c1-2-10-3-6-14(16(19)20)12(7-10)8-11-4-5-13(17)9-15(11)18/h4-5,9-10,12,14H,2-3,6-8H2,1H3,(H,19,20). The van der Waals surface area contributed by atoms with Crippen molar-refractivity contribution in [2.24, 2.45) is 17.8 Å². The van der Waals surface area contributed by atoms with Crippen molar-refractivity contribution >= 4 is 5.97 Å². The summed E-state index contributed by atoms with van der Waals surface area (Å²) in [6, 6.07) is 3.53. The minimum atomic E-state index is -0.799. The normalized spacial score (nSPS) is 26.4. The van der Waals surface area contributed by atoms with Gasteiger partial charge in [0.2, 0.25) is 0 Å². The van der Waals surface area contributed by atoms with Crippen LogP contribution in [-0.2, 0) is 11.2 Å². The van der Waals surface area contributed by atoms with Crippen LogP contribution in [0.15, 0.2) is 18.2 Å². The van der Waals surface area contributed by atoms with E-state index < -0.39 is 23.5 Å². The number of rotatable bonds is 4. The Morgan fingerprint density at radius 3 is 2.70 bits per heavy atom. The van der Waals surface area contributed by atoms with Crippen LogP contribution in [0.2, 0.25) is 0 Å². The van der Waals surface area contributed by atoms with Gasteiger partial charge in [0, 0.05) is 6.07 Å². The van der Waals surface area contributed by atoms with Crippen molar-refractivity contribution in [3.05, 3.63) is 35.4 Å². The van der Waals surface area contributed by atoms with Gasteiger partial charge in [-0.2, -0.15) is 0 Å². The molecule has 1 aromatic rings. The predicted molar refractivity (Wildman–Crippen MR) is 72.3 cm³/mol. The first-order valence-corrected chi connectivity index (χ1v) is 7.18. The van der Waals surface area contributed by atoms with E-state index in [4.69, 9.17) is 0 Å². The van der Waals surface area contributed by atoms with E-state index in [2.05, 4.69) is 6.92 Å². The highest BCUT2D eigenvalue weighted by atomic mass is 19.1. The molecule has 3 unspecified atom stereocenters. The Kier molecular flexibility index (Phi) is 4.73. The molecule has 1 aliphatic carbocycles. The number of aliphatic carboxylic acids is 1. The molecule has 0 amide bonds. The monoisotopic (exact) mass is 282 g/mol. The minimum Gasteiger partial charge on any atom is -0.481 e. The molecule has 1 aliphatic rings. The maximum absolute atomic E-state index is 13.7. The molecule has 0 bridgehead atoms. The van der Waals surface area contributed by atoms with E-state index in [1.165, 1.54) is 12.1 Å². The van der Waals surface area contributed by atoms with Crippen molar-refractivity contribution in [3.63, 3.8) is 0 Å². The second-order valence-corrected chi connectivity index (χ2v) is 5.73. The third-order valence-electron chi connectivity index (χ3n) is 4.48. The first kappa shape index (κ1) is 14.9. The molecule has 110 valence electrons. The van der Waals surface area contributed by atoms with E-state index in [9.17, 15) is 18.7 Å².